The van der Waals surface area contributed by atoms with Crippen molar-refractivity contribution in [2.24, 2.45) is 5.92 Å². The highest BCUT2D eigenvalue weighted by Crippen LogP contribution is 2.59. The van der Waals surface area contributed by atoms with E-state index >= 15 is 0 Å². The number of hydrogen-bond acceptors (Lipinski definition) is 1. The molecule has 2 unspecified atom stereocenters. The highest BCUT2D eigenvalue weighted by molar-refractivity contribution is 14.1. The summed E-state index contributed by atoms with van der Waals surface area (Å²) in [6.07, 6.45) is -3.87. The molecule has 0 radical (unpaired) electrons. The Morgan fingerprint density at radius 3 is 2.21 bits per heavy atom. The van der Waals surface area contributed by atoms with Crippen molar-refractivity contribution in [3.05, 3.63) is 35.4 Å². The largest absolute Gasteiger partial charge is 0.431 e. The summed E-state index contributed by atoms with van der Waals surface area (Å²) in [5.41, 5.74) is -0.0109. The molecule has 106 valence electrons. The van der Waals surface area contributed by atoms with Crippen LogP contribution in [0.25, 0.3) is 0 Å². The average Bonchev–Trinajstić information content (AvgIpc) is 2.48. The lowest BCUT2D eigenvalue weighted by atomic mass is 9.86. The minimum Gasteiger partial charge on any atom is -0.341 e. The summed E-state index contributed by atoms with van der Waals surface area (Å²) in [7, 11) is 0. The maximum Gasteiger partial charge on any atom is 0.431 e. The van der Waals surface area contributed by atoms with Crippen LogP contribution in [-0.2, 0) is 13.9 Å². The van der Waals surface area contributed by atoms with E-state index in [1.807, 2.05) is 13.8 Å². The van der Waals surface area contributed by atoms with Crippen LogP contribution in [0.15, 0.2) is 24.3 Å². The van der Waals surface area contributed by atoms with E-state index < -0.39 is 15.4 Å². The zero-order valence-corrected chi connectivity index (χ0v) is 13.2. The van der Waals surface area contributed by atoms with Crippen LogP contribution in [0.4, 0.5) is 13.2 Å². The number of hydrogen-bond donors (Lipinski definition) is 0. The van der Waals surface area contributed by atoms with E-state index in [0.717, 1.165) is 0 Å². The molecule has 0 spiro atoms. The summed E-state index contributed by atoms with van der Waals surface area (Å²) < 4.78 is 43.4. The van der Waals surface area contributed by atoms with Crippen molar-refractivity contribution in [3.8, 4) is 0 Å². The van der Waals surface area contributed by atoms with E-state index in [1.165, 1.54) is 28.7 Å². The van der Waals surface area contributed by atoms with Gasteiger partial charge in [-0.05, 0) is 47.4 Å². The average molecular weight is 384 g/mol. The molecule has 1 aromatic carbocycles. The molecule has 1 aromatic rings. The van der Waals surface area contributed by atoms with Gasteiger partial charge >= 0.3 is 6.18 Å². The van der Waals surface area contributed by atoms with Crippen LogP contribution in [0.2, 0.25) is 0 Å². The molecule has 2 rings (SSSR count). The van der Waals surface area contributed by atoms with E-state index in [4.69, 9.17) is 4.74 Å². The van der Waals surface area contributed by atoms with Gasteiger partial charge in [0.15, 0.2) is 0 Å². The SMILES string of the molecule is CC(C)CC1(C)OC(I)(C(F)(F)F)c2ccccc21. The number of fused-ring (bicyclic) bond motifs is 1. The van der Waals surface area contributed by atoms with Gasteiger partial charge in [-0.1, -0.05) is 38.1 Å². The number of rotatable bonds is 2. The molecule has 0 saturated heterocycles. The Hall–Kier alpha value is -0.300. The normalized spacial score (nSPS) is 30.7. The zero-order valence-electron chi connectivity index (χ0n) is 11.0. The molecule has 19 heavy (non-hydrogen) atoms. The van der Waals surface area contributed by atoms with Crippen LogP contribution in [0.1, 0.15) is 38.3 Å². The van der Waals surface area contributed by atoms with Gasteiger partial charge in [0.2, 0.25) is 3.61 Å². The first kappa shape index (κ1) is 15.1. The van der Waals surface area contributed by atoms with Gasteiger partial charge < -0.3 is 4.74 Å². The molecule has 0 aliphatic carbocycles. The van der Waals surface area contributed by atoms with Crippen LogP contribution in [0.5, 0.6) is 0 Å². The van der Waals surface area contributed by atoms with Crippen molar-refractivity contribution in [2.75, 3.05) is 0 Å². The van der Waals surface area contributed by atoms with Crippen molar-refractivity contribution < 1.29 is 17.9 Å². The summed E-state index contributed by atoms with van der Waals surface area (Å²) in [5.74, 6) is 0.255. The molecule has 1 aliphatic heterocycles. The standard InChI is InChI=1S/C14H16F3IO/c1-9(2)8-12(3)10-6-4-5-7-11(10)13(18,19-12)14(15,16)17/h4-7,9H,8H2,1-3H3. The van der Waals surface area contributed by atoms with Crippen molar-refractivity contribution in [1.29, 1.82) is 0 Å². The fourth-order valence-corrected chi connectivity index (χ4v) is 3.74. The maximum absolute atomic E-state index is 13.4. The first-order valence-electron chi connectivity index (χ1n) is 6.16. The van der Waals surface area contributed by atoms with E-state index in [2.05, 4.69) is 0 Å². The van der Waals surface area contributed by atoms with Gasteiger partial charge in [0.25, 0.3) is 0 Å². The number of halogens is 4. The molecule has 0 N–H and O–H groups in total. The summed E-state index contributed by atoms with van der Waals surface area (Å²) in [4.78, 5) is 0. The second-order valence-electron chi connectivity index (χ2n) is 5.57. The third kappa shape index (κ3) is 2.39. The molecule has 0 saturated carbocycles. The first-order chi connectivity index (χ1) is 8.60. The summed E-state index contributed by atoms with van der Waals surface area (Å²) in [5, 5.41) is 0. The van der Waals surface area contributed by atoms with E-state index in [1.54, 1.807) is 25.1 Å². The fourth-order valence-electron chi connectivity index (χ4n) is 2.79. The van der Waals surface area contributed by atoms with Crippen LogP contribution in [0.3, 0.4) is 0 Å². The smallest absolute Gasteiger partial charge is 0.341 e. The molecule has 1 aliphatic rings. The predicted molar refractivity (Wildman–Crippen MR) is 76.1 cm³/mol. The minimum atomic E-state index is -4.43. The fraction of sp³-hybridized carbons (Fsp3) is 0.571. The summed E-state index contributed by atoms with van der Waals surface area (Å²) >= 11 is 1.39. The minimum absolute atomic E-state index is 0.228. The monoisotopic (exact) mass is 384 g/mol. The van der Waals surface area contributed by atoms with Crippen LogP contribution < -0.4 is 0 Å². The van der Waals surface area contributed by atoms with Gasteiger partial charge in [-0.25, -0.2) is 0 Å². The Labute approximate surface area is 124 Å². The quantitative estimate of drug-likeness (QED) is 0.508. The van der Waals surface area contributed by atoms with E-state index in [9.17, 15) is 13.2 Å². The van der Waals surface area contributed by atoms with Crippen LogP contribution in [0, 0.1) is 5.92 Å². The lowest BCUT2D eigenvalue weighted by Crippen LogP contribution is -2.39. The second-order valence-corrected chi connectivity index (χ2v) is 7.09. The summed E-state index contributed by atoms with van der Waals surface area (Å²) in [6, 6.07) is 6.65. The van der Waals surface area contributed by atoms with Crippen molar-refractivity contribution in [3.63, 3.8) is 0 Å². The molecule has 0 fully saturated rings. The number of alkyl halides is 4. The maximum atomic E-state index is 13.4. The van der Waals surface area contributed by atoms with E-state index in [0.29, 0.717) is 12.0 Å². The highest BCUT2D eigenvalue weighted by atomic mass is 127. The molecule has 1 heterocycles. The number of benzene rings is 1. The van der Waals surface area contributed by atoms with Gasteiger partial charge in [-0.2, -0.15) is 13.2 Å². The van der Waals surface area contributed by atoms with Gasteiger partial charge in [-0.3, -0.25) is 0 Å². The van der Waals surface area contributed by atoms with Gasteiger partial charge in [0.1, 0.15) is 0 Å². The molecule has 2 atom stereocenters. The molecule has 0 aromatic heterocycles. The third-order valence-electron chi connectivity index (χ3n) is 3.37. The Kier molecular flexibility index (Phi) is 3.67. The van der Waals surface area contributed by atoms with Crippen molar-refractivity contribution in [2.45, 2.75) is 42.6 Å². The lowest BCUT2D eigenvalue weighted by Gasteiger charge is -2.32. The van der Waals surface area contributed by atoms with Crippen molar-refractivity contribution >= 4 is 22.6 Å². The lowest BCUT2D eigenvalue weighted by molar-refractivity contribution is -0.257. The Bertz CT molecular complexity index is 486. The topological polar surface area (TPSA) is 9.23 Å². The van der Waals surface area contributed by atoms with Crippen molar-refractivity contribution in [1.82, 2.24) is 0 Å². The number of ether oxygens (including phenoxy) is 1. The van der Waals surface area contributed by atoms with Gasteiger partial charge in [0, 0.05) is 5.56 Å². The predicted octanol–water partition coefficient (Wildman–Crippen LogP) is 5.13. The van der Waals surface area contributed by atoms with E-state index in [-0.39, 0.29) is 11.5 Å². The third-order valence-corrected chi connectivity index (χ3v) is 4.78. The molecule has 1 nitrogen and oxygen atoms in total. The summed E-state index contributed by atoms with van der Waals surface area (Å²) in [6.45, 7) is 5.72. The molecular weight excluding hydrogens is 368 g/mol. The zero-order chi connectivity index (χ0) is 14.5. The first-order valence-corrected chi connectivity index (χ1v) is 7.24. The Morgan fingerprint density at radius 1 is 1.21 bits per heavy atom. The van der Waals surface area contributed by atoms with Gasteiger partial charge in [0.05, 0.1) is 5.60 Å². The molecule has 0 bridgehead atoms. The Balaban J connectivity index is 2.57. The molecule has 5 heteroatoms. The molecule has 0 amide bonds. The van der Waals surface area contributed by atoms with Gasteiger partial charge in [-0.15, -0.1) is 0 Å². The second kappa shape index (κ2) is 4.62. The highest BCUT2D eigenvalue weighted by Gasteiger charge is 2.64. The van der Waals surface area contributed by atoms with Crippen LogP contribution in [-0.4, -0.2) is 6.18 Å². The Morgan fingerprint density at radius 2 is 1.74 bits per heavy atom. The van der Waals surface area contributed by atoms with Crippen LogP contribution >= 0.6 is 22.6 Å². The molecular formula is C14H16F3IO.